The molecule has 0 radical (unpaired) electrons. The van der Waals surface area contributed by atoms with Crippen molar-refractivity contribution in [3.8, 4) is 0 Å². The third-order valence-electron chi connectivity index (χ3n) is 5.06. The summed E-state index contributed by atoms with van der Waals surface area (Å²) in [5, 5.41) is 4.54. The molecular formula is C22H21ClN4O2. The molecule has 2 aromatic carbocycles. The lowest BCUT2D eigenvalue weighted by molar-refractivity contribution is -0.124. The van der Waals surface area contributed by atoms with Gasteiger partial charge in [0.05, 0.1) is 5.52 Å². The number of benzene rings is 2. The Hall–Kier alpha value is -3.12. The summed E-state index contributed by atoms with van der Waals surface area (Å²) in [6.07, 6.45) is 0.718. The minimum Gasteiger partial charge on any atom is -0.354 e. The molecule has 1 atom stereocenters. The van der Waals surface area contributed by atoms with E-state index in [0.29, 0.717) is 17.2 Å². The first-order chi connectivity index (χ1) is 14.0. The van der Waals surface area contributed by atoms with Crippen molar-refractivity contribution in [1.29, 1.82) is 0 Å². The third kappa shape index (κ3) is 3.63. The van der Waals surface area contributed by atoms with E-state index in [2.05, 4.69) is 10.3 Å². The minimum absolute atomic E-state index is 0.0975. The number of carbonyl (C=O) groups excluding carboxylic acids is 1. The van der Waals surface area contributed by atoms with E-state index in [4.69, 9.17) is 11.6 Å². The van der Waals surface area contributed by atoms with Crippen molar-refractivity contribution >= 4 is 34.1 Å². The first kappa shape index (κ1) is 19.2. The summed E-state index contributed by atoms with van der Waals surface area (Å²) in [4.78, 5) is 29.0. The Morgan fingerprint density at radius 2 is 1.90 bits per heavy atom. The smallest absolute Gasteiger partial charge is 0.273 e. The number of halogens is 1. The summed E-state index contributed by atoms with van der Waals surface area (Å²) in [5.41, 5.74) is 2.97. The van der Waals surface area contributed by atoms with Crippen molar-refractivity contribution in [2.24, 2.45) is 0 Å². The first-order valence-electron chi connectivity index (χ1n) is 9.47. The third-order valence-corrected chi connectivity index (χ3v) is 5.31. The van der Waals surface area contributed by atoms with Crippen LogP contribution in [-0.2, 0) is 11.2 Å². The second-order valence-corrected chi connectivity index (χ2v) is 7.51. The number of aromatic nitrogens is 3. The Morgan fingerprint density at radius 3 is 2.66 bits per heavy atom. The van der Waals surface area contributed by atoms with Gasteiger partial charge >= 0.3 is 0 Å². The van der Waals surface area contributed by atoms with E-state index in [1.54, 1.807) is 0 Å². The number of fused-ring (bicyclic) bond motifs is 3. The monoisotopic (exact) mass is 408 g/mol. The molecule has 148 valence electrons. The summed E-state index contributed by atoms with van der Waals surface area (Å²) in [6.45, 7) is 4.21. The van der Waals surface area contributed by atoms with Crippen molar-refractivity contribution in [3.63, 3.8) is 0 Å². The zero-order valence-electron chi connectivity index (χ0n) is 16.2. The van der Waals surface area contributed by atoms with Gasteiger partial charge in [-0.25, -0.2) is 4.52 Å². The maximum Gasteiger partial charge on any atom is 0.273 e. The fourth-order valence-electron chi connectivity index (χ4n) is 3.63. The Bertz CT molecular complexity index is 1260. The second kappa shape index (κ2) is 7.72. The van der Waals surface area contributed by atoms with Gasteiger partial charge in [0.2, 0.25) is 5.91 Å². The fraction of sp³-hybridized carbons (Fsp3) is 0.227. The fourth-order valence-corrected chi connectivity index (χ4v) is 3.76. The van der Waals surface area contributed by atoms with Gasteiger partial charge in [-0.2, -0.15) is 4.98 Å². The number of hydrogen-bond acceptors (Lipinski definition) is 3. The predicted octanol–water partition coefficient (Wildman–Crippen LogP) is 3.53. The number of hydrogen-bond donors (Lipinski definition) is 1. The lowest BCUT2D eigenvalue weighted by Gasteiger charge is -2.18. The van der Waals surface area contributed by atoms with Gasteiger partial charge in [0.25, 0.3) is 5.56 Å². The van der Waals surface area contributed by atoms with E-state index in [1.165, 1.54) is 6.07 Å². The van der Waals surface area contributed by atoms with Crippen molar-refractivity contribution in [3.05, 3.63) is 81.2 Å². The van der Waals surface area contributed by atoms with E-state index >= 15 is 0 Å². The van der Waals surface area contributed by atoms with Crippen molar-refractivity contribution in [1.82, 2.24) is 19.5 Å². The lowest BCUT2D eigenvalue weighted by Crippen LogP contribution is -2.34. The number of carbonyl (C=O) groups is 1. The highest BCUT2D eigenvalue weighted by molar-refractivity contribution is 6.30. The molecule has 2 heterocycles. The number of nitrogens with zero attached hydrogens (tertiary/aromatic N) is 3. The number of rotatable bonds is 5. The summed E-state index contributed by atoms with van der Waals surface area (Å²) in [7, 11) is 0. The van der Waals surface area contributed by atoms with E-state index in [0.717, 1.165) is 28.6 Å². The highest BCUT2D eigenvalue weighted by Crippen LogP contribution is 2.25. The summed E-state index contributed by atoms with van der Waals surface area (Å²) in [5.74, 6) is -0.0975. The highest BCUT2D eigenvalue weighted by Gasteiger charge is 2.22. The molecule has 7 heteroatoms. The highest BCUT2D eigenvalue weighted by atomic mass is 35.5. The molecule has 2 aromatic heterocycles. The Kier molecular flexibility index (Phi) is 5.11. The van der Waals surface area contributed by atoms with Gasteiger partial charge in [-0.15, -0.1) is 0 Å². The molecule has 0 aliphatic carbocycles. The summed E-state index contributed by atoms with van der Waals surface area (Å²) >= 11 is 5.91. The number of para-hydroxylation sites is 1. The van der Waals surface area contributed by atoms with Gasteiger partial charge < -0.3 is 5.32 Å². The quantitative estimate of drug-likeness (QED) is 0.549. The maximum atomic E-state index is 12.9. The van der Waals surface area contributed by atoms with Crippen LogP contribution >= 0.6 is 11.6 Å². The van der Waals surface area contributed by atoms with Gasteiger partial charge in [-0.1, -0.05) is 35.9 Å². The van der Waals surface area contributed by atoms with Gasteiger partial charge in [0.15, 0.2) is 5.65 Å². The lowest BCUT2D eigenvalue weighted by atomic mass is 10.1. The van der Waals surface area contributed by atoms with Crippen LogP contribution in [-0.4, -0.2) is 26.6 Å². The number of amides is 1. The van der Waals surface area contributed by atoms with Gasteiger partial charge in [0, 0.05) is 28.7 Å². The average molecular weight is 409 g/mol. The van der Waals surface area contributed by atoms with Crippen LogP contribution < -0.4 is 10.9 Å². The molecule has 1 N–H and O–H groups in total. The Morgan fingerprint density at radius 1 is 1.17 bits per heavy atom. The van der Waals surface area contributed by atoms with Crippen LogP contribution in [0.5, 0.6) is 0 Å². The van der Waals surface area contributed by atoms with Crippen LogP contribution in [0.2, 0.25) is 5.02 Å². The Balaban J connectivity index is 1.63. The maximum absolute atomic E-state index is 12.9. The molecule has 0 aliphatic rings. The molecule has 0 unspecified atom stereocenters. The molecule has 29 heavy (non-hydrogen) atoms. The molecular weight excluding hydrogens is 388 g/mol. The predicted molar refractivity (Wildman–Crippen MR) is 115 cm³/mol. The van der Waals surface area contributed by atoms with Crippen LogP contribution in [0.3, 0.4) is 0 Å². The first-order valence-corrected chi connectivity index (χ1v) is 9.85. The van der Waals surface area contributed by atoms with E-state index < -0.39 is 6.04 Å². The summed E-state index contributed by atoms with van der Waals surface area (Å²) < 4.78 is 3.74. The molecule has 0 aliphatic heterocycles. The largest absolute Gasteiger partial charge is 0.354 e. The van der Waals surface area contributed by atoms with E-state index in [1.807, 2.05) is 71.6 Å². The average Bonchev–Trinajstić information content (AvgIpc) is 3.03. The normalized spacial score (nSPS) is 12.4. The van der Waals surface area contributed by atoms with Crippen molar-refractivity contribution in [2.45, 2.75) is 26.3 Å². The molecule has 4 rings (SSSR count). The molecule has 4 aromatic rings. The van der Waals surface area contributed by atoms with Gasteiger partial charge in [-0.3, -0.25) is 14.3 Å². The SMILES string of the molecule is Cc1cc(=O)nc2c3ccccc3n([C@H](C)C(=O)NCCc3ccc(Cl)cc3)n12. The van der Waals surface area contributed by atoms with Crippen LogP contribution in [0, 0.1) is 6.92 Å². The van der Waals surface area contributed by atoms with Gasteiger partial charge in [0.1, 0.15) is 6.04 Å². The van der Waals surface area contributed by atoms with Gasteiger partial charge in [-0.05, 0) is 50.1 Å². The van der Waals surface area contributed by atoms with E-state index in [-0.39, 0.29) is 11.5 Å². The molecule has 0 fully saturated rings. The number of aryl methyl sites for hydroxylation is 1. The Labute approximate surface area is 172 Å². The van der Waals surface area contributed by atoms with Crippen molar-refractivity contribution in [2.75, 3.05) is 6.54 Å². The van der Waals surface area contributed by atoms with Crippen LogP contribution in [0.25, 0.3) is 16.6 Å². The molecule has 0 saturated carbocycles. The molecule has 0 bridgehead atoms. The topological polar surface area (TPSA) is 68.4 Å². The molecule has 1 amide bonds. The van der Waals surface area contributed by atoms with E-state index in [9.17, 15) is 9.59 Å². The molecule has 0 spiro atoms. The zero-order chi connectivity index (χ0) is 20.5. The van der Waals surface area contributed by atoms with Crippen molar-refractivity contribution < 1.29 is 4.79 Å². The second-order valence-electron chi connectivity index (χ2n) is 7.08. The van der Waals surface area contributed by atoms with Crippen LogP contribution in [0.15, 0.2) is 59.4 Å². The molecule has 0 saturated heterocycles. The summed E-state index contributed by atoms with van der Waals surface area (Å²) in [6, 6.07) is 16.3. The zero-order valence-corrected chi connectivity index (χ0v) is 17.0. The molecule has 6 nitrogen and oxygen atoms in total. The van der Waals surface area contributed by atoms with Crippen LogP contribution in [0.1, 0.15) is 24.2 Å². The minimum atomic E-state index is -0.481. The number of nitrogens with one attached hydrogen (secondary N) is 1. The van der Waals surface area contributed by atoms with Crippen LogP contribution in [0.4, 0.5) is 0 Å². The standard InChI is InChI=1S/C22H21ClN4O2/c1-14-13-20(28)25-21-18-5-3-4-6-19(18)27(26(14)21)15(2)22(29)24-12-11-16-7-9-17(23)10-8-16/h3-10,13,15H,11-12H2,1-2H3,(H,24,29)/t15-/m1/s1.